The van der Waals surface area contributed by atoms with E-state index in [1.54, 1.807) is 54.8 Å². The lowest BCUT2D eigenvalue weighted by molar-refractivity contribution is -0.0288. The van der Waals surface area contributed by atoms with Gasteiger partial charge in [-0.15, -0.1) is 0 Å². The van der Waals surface area contributed by atoms with Crippen molar-refractivity contribution in [1.82, 2.24) is 29.5 Å². The maximum Gasteiger partial charge on any atom is 0.167 e. The molecule has 5 aromatic rings. The summed E-state index contributed by atoms with van der Waals surface area (Å²) < 4.78 is 18.6. The van der Waals surface area contributed by atoms with Crippen LogP contribution < -0.4 is 20.5 Å². The molecule has 1 aliphatic rings. The number of nitrogens with one attached hydrogen (secondary N) is 1. The summed E-state index contributed by atoms with van der Waals surface area (Å²) in [5, 5.41) is 35.5. The number of rotatable bonds is 10. The fraction of sp³-hybridized carbons (Fsp3) is 0.321. The molecule has 0 spiro atoms. The highest BCUT2D eigenvalue weighted by Gasteiger charge is 2.44. The van der Waals surface area contributed by atoms with Gasteiger partial charge in [-0.2, -0.15) is 11.8 Å². The van der Waals surface area contributed by atoms with Gasteiger partial charge in [0.2, 0.25) is 0 Å². The molecule has 6 rings (SSSR count). The van der Waals surface area contributed by atoms with Crippen molar-refractivity contribution in [3.8, 4) is 28.6 Å². The number of nitrogen functional groups attached to an aromatic ring is 1. The lowest BCUT2D eigenvalue weighted by Gasteiger charge is -2.16. The number of imidazole rings is 1. The lowest BCUT2D eigenvalue weighted by Crippen LogP contribution is -2.32. The van der Waals surface area contributed by atoms with E-state index in [1.807, 2.05) is 12.1 Å². The van der Waals surface area contributed by atoms with Crippen LogP contribution in [0.3, 0.4) is 0 Å². The van der Waals surface area contributed by atoms with Crippen LogP contribution in [0.4, 0.5) is 11.6 Å². The third-order valence-electron chi connectivity index (χ3n) is 7.12. The van der Waals surface area contributed by atoms with Gasteiger partial charge in [-0.3, -0.25) is 4.57 Å². The van der Waals surface area contributed by atoms with E-state index in [2.05, 4.69) is 20.3 Å². The summed E-state index contributed by atoms with van der Waals surface area (Å²) in [5.74, 6) is 3.52. The van der Waals surface area contributed by atoms with Crippen LogP contribution in [0.5, 0.6) is 17.2 Å². The van der Waals surface area contributed by atoms with E-state index in [1.165, 1.54) is 12.7 Å². The standard InChI is InChI=1S/C28H30N8O6S/c1-40-18-9-16-17(10-19(18)41-2)34-25(14-4-3-5-15(37)8-14)35-26(16)30-6-7-43-11-20-22(38)23(39)28(42-20)36-13-33-21-24(29)31-12-32-27(21)36/h3-5,8-10,12-13,20,22-23,28,37-39H,6-7,11H2,1-2H3,(H2,29,31,32)(H,30,34,35)/t20-,22-,23-,28-/m1/s1. The van der Waals surface area contributed by atoms with Gasteiger partial charge in [0.15, 0.2) is 35.0 Å². The van der Waals surface area contributed by atoms with Crippen molar-refractivity contribution in [3.63, 3.8) is 0 Å². The van der Waals surface area contributed by atoms with Crippen molar-refractivity contribution in [2.45, 2.75) is 24.5 Å². The van der Waals surface area contributed by atoms with Crippen molar-refractivity contribution >= 4 is 45.5 Å². The Balaban J connectivity index is 1.14. The SMILES string of the molecule is COc1cc2nc(-c3cccc(O)c3)nc(NCCSC[C@H]3O[C@@H](n4cnc5c(N)ncnc54)[C@H](O)[C@@H]3O)c2cc1OC. The Hall–Kier alpha value is -4.44. The monoisotopic (exact) mass is 606 g/mol. The second kappa shape index (κ2) is 12.0. The summed E-state index contributed by atoms with van der Waals surface area (Å²) in [4.78, 5) is 21.8. The molecule has 0 aliphatic carbocycles. The summed E-state index contributed by atoms with van der Waals surface area (Å²) >= 11 is 1.55. The molecule has 43 heavy (non-hydrogen) atoms. The highest BCUT2D eigenvalue weighted by atomic mass is 32.2. The van der Waals surface area contributed by atoms with Gasteiger partial charge in [0, 0.05) is 35.1 Å². The average Bonchev–Trinajstić information content (AvgIpc) is 3.57. The number of aliphatic hydroxyl groups is 2. The first-order chi connectivity index (χ1) is 20.9. The second-order valence-electron chi connectivity index (χ2n) is 9.80. The first-order valence-electron chi connectivity index (χ1n) is 13.4. The maximum absolute atomic E-state index is 10.7. The summed E-state index contributed by atoms with van der Waals surface area (Å²) in [6, 6.07) is 10.3. The summed E-state index contributed by atoms with van der Waals surface area (Å²) in [6.07, 6.45) is -0.970. The average molecular weight is 607 g/mol. The number of hydrogen-bond donors (Lipinski definition) is 5. The van der Waals surface area contributed by atoms with Gasteiger partial charge in [-0.05, 0) is 18.2 Å². The number of hydrogen-bond acceptors (Lipinski definition) is 14. The van der Waals surface area contributed by atoms with Crippen LogP contribution in [-0.2, 0) is 4.74 Å². The van der Waals surface area contributed by atoms with E-state index in [0.717, 1.165) is 5.39 Å². The molecular weight excluding hydrogens is 576 g/mol. The number of phenolic OH excluding ortho intramolecular Hbond substituents is 1. The first-order valence-corrected chi connectivity index (χ1v) is 14.5. The number of aliphatic hydroxyl groups excluding tert-OH is 2. The van der Waals surface area contributed by atoms with Crippen molar-refractivity contribution in [3.05, 3.63) is 49.1 Å². The largest absolute Gasteiger partial charge is 0.508 e. The summed E-state index contributed by atoms with van der Waals surface area (Å²) in [7, 11) is 3.13. The van der Waals surface area contributed by atoms with Gasteiger partial charge < -0.3 is 40.6 Å². The minimum absolute atomic E-state index is 0.113. The molecule has 2 aromatic carbocycles. The van der Waals surface area contributed by atoms with Crippen LogP contribution >= 0.6 is 11.8 Å². The molecule has 0 bridgehead atoms. The van der Waals surface area contributed by atoms with Crippen LogP contribution in [0.1, 0.15) is 6.23 Å². The van der Waals surface area contributed by atoms with Crippen molar-refractivity contribution < 1.29 is 29.5 Å². The normalized spacial score (nSPS) is 20.1. The Kier molecular flexibility index (Phi) is 8.03. The maximum atomic E-state index is 10.7. The third kappa shape index (κ3) is 5.54. The molecular formula is C28H30N8O6S. The topological polar surface area (TPSA) is 196 Å². The number of aromatic hydroxyl groups is 1. The van der Waals surface area contributed by atoms with Crippen LogP contribution in [0.15, 0.2) is 49.1 Å². The Labute approximate surface area is 249 Å². The van der Waals surface area contributed by atoms with Gasteiger partial charge in [-0.25, -0.2) is 24.9 Å². The van der Waals surface area contributed by atoms with Gasteiger partial charge in [0.1, 0.15) is 35.6 Å². The number of fused-ring (bicyclic) bond motifs is 2. The first kappa shape index (κ1) is 28.7. The molecule has 224 valence electrons. The number of anilines is 2. The van der Waals surface area contributed by atoms with Crippen molar-refractivity contribution in [2.75, 3.05) is 43.3 Å². The molecule has 1 fully saturated rings. The molecule has 3 aromatic heterocycles. The molecule has 1 aliphatic heterocycles. The predicted molar refractivity (Wildman–Crippen MR) is 161 cm³/mol. The third-order valence-corrected chi connectivity index (χ3v) is 8.18. The molecule has 1 saturated heterocycles. The minimum Gasteiger partial charge on any atom is -0.508 e. The molecule has 0 saturated carbocycles. The quantitative estimate of drug-likeness (QED) is 0.145. The van der Waals surface area contributed by atoms with Gasteiger partial charge >= 0.3 is 0 Å². The summed E-state index contributed by atoms with van der Waals surface area (Å²) in [6.45, 7) is 0.530. The van der Waals surface area contributed by atoms with Crippen LogP contribution in [0, 0.1) is 0 Å². The van der Waals surface area contributed by atoms with Crippen molar-refractivity contribution in [1.29, 1.82) is 0 Å². The molecule has 15 heteroatoms. The number of methoxy groups -OCH3 is 2. The molecule has 0 radical (unpaired) electrons. The van der Waals surface area contributed by atoms with E-state index in [9.17, 15) is 15.3 Å². The van der Waals surface area contributed by atoms with E-state index >= 15 is 0 Å². The molecule has 4 atom stereocenters. The predicted octanol–water partition coefficient (Wildman–Crippen LogP) is 2.21. The van der Waals surface area contributed by atoms with Gasteiger partial charge in [0.05, 0.1) is 32.2 Å². The Morgan fingerprint density at radius 2 is 1.86 bits per heavy atom. The Morgan fingerprint density at radius 1 is 1.05 bits per heavy atom. The molecule has 0 amide bonds. The molecule has 14 nitrogen and oxygen atoms in total. The van der Waals surface area contributed by atoms with Crippen LogP contribution in [0.2, 0.25) is 0 Å². The van der Waals surface area contributed by atoms with Crippen LogP contribution in [0.25, 0.3) is 33.5 Å². The highest BCUT2D eigenvalue weighted by Crippen LogP contribution is 2.36. The van der Waals surface area contributed by atoms with Crippen molar-refractivity contribution in [2.24, 2.45) is 0 Å². The number of phenols is 1. The van der Waals surface area contributed by atoms with Gasteiger partial charge in [-0.1, -0.05) is 12.1 Å². The number of ether oxygens (including phenoxy) is 3. The smallest absolute Gasteiger partial charge is 0.167 e. The molecule has 0 unspecified atom stereocenters. The van der Waals surface area contributed by atoms with E-state index in [4.69, 9.17) is 29.9 Å². The van der Waals surface area contributed by atoms with Crippen LogP contribution in [-0.4, -0.2) is 95.4 Å². The fourth-order valence-electron chi connectivity index (χ4n) is 4.96. The van der Waals surface area contributed by atoms with Gasteiger partial charge in [0.25, 0.3) is 0 Å². The second-order valence-corrected chi connectivity index (χ2v) is 11.0. The number of nitrogens with two attached hydrogens (primary N) is 1. The number of aromatic nitrogens is 6. The van der Waals surface area contributed by atoms with E-state index in [0.29, 0.717) is 63.4 Å². The fourth-order valence-corrected chi connectivity index (χ4v) is 5.88. The number of benzene rings is 2. The number of thioether (sulfide) groups is 1. The Bertz CT molecular complexity index is 1770. The minimum atomic E-state index is -1.17. The molecule has 6 N–H and O–H groups in total. The zero-order valence-corrected chi connectivity index (χ0v) is 24.1. The van der Waals surface area contributed by atoms with E-state index < -0.39 is 24.5 Å². The zero-order chi connectivity index (χ0) is 30.1. The summed E-state index contributed by atoms with van der Waals surface area (Å²) in [5.41, 5.74) is 7.99. The Morgan fingerprint density at radius 3 is 2.65 bits per heavy atom. The highest BCUT2D eigenvalue weighted by molar-refractivity contribution is 7.99. The number of nitrogens with zero attached hydrogens (tertiary/aromatic N) is 6. The zero-order valence-electron chi connectivity index (χ0n) is 23.3. The van der Waals surface area contributed by atoms with E-state index in [-0.39, 0.29) is 11.6 Å². The molecule has 4 heterocycles. The lowest BCUT2D eigenvalue weighted by atomic mass is 10.1.